The third-order valence-corrected chi connectivity index (χ3v) is 7.83. The van der Waals surface area contributed by atoms with Crippen LogP contribution in [0.2, 0.25) is 0 Å². The maximum absolute atomic E-state index is 12.9. The van der Waals surface area contributed by atoms with E-state index in [0.717, 1.165) is 23.6 Å². The summed E-state index contributed by atoms with van der Waals surface area (Å²) in [5.74, 6) is 1.24. The van der Waals surface area contributed by atoms with Gasteiger partial charge in [-0.15, -0.1) is 0 Å². The van der Waals surface area contributed by atoms with Crippen molar-refractivity contribution in [2.75, 3.05) is 47.8 Å². The molecule has 1 saturated heterocycles. The lowest BCUT2D eigenvalue weighted by atomic mass is 10.1. The van der Waals surface area contributed by atoms with Crippen molar-refractivity contribution in [1.82, 2.24) is 4.98 Å². The van der Waals surface area contributed by atoms with E-state index in [-0.39, 0.29) is 16.1 Å². The molecule has 2 aromatic carbocycles. The molecule has 200 valence electrons. The molecule has 1 aromatic heterocycles. The molecule has 0 spiro atoms. The lowest BCUT2D eigenvalue weighted by molar-refractivity contribution is -0.137. The zero-order valence-corrected chi connectivity index (χ0v) is 21.8. The number of anilines is 3. The van der Waals surface area contributed by atoms with Crippen LogP contribution < -0.4 is 19.3 Å². The van der Waals surface area contributed by atoms with Gasteiger partial charge in [-0.3, -0.25) is 4.72 Å². The molecule has 1 fully saturated rings. The Morgan fingerprint density at radius 3 is 2.08 bits per heavy atom. The molecule has 2 heterocycles. The second-order valence-corrected chi connectivity index (χ2v) is 10.5. The van der Waals surface area contributed by atoms with E-state index in [9.17, 15) is 26.9 Å². The Morgan fingerprint density at radius 2 is 1.55 bits per heavy atom. The Bertz CT molecular complexity index is 1460. The van der Waals surface area contributed by atoms with Crippen molar-refractivity contribution in [3.05, 3.63) is 70.9 Å². The molecule has 0 bridgehead atoms. The monoisotopic (exact) mass is 545 g/mol. The SMILES string of the molecule is COc1ccc(N2CCN(c3nc(C)c(NS(=O)(=O)c4ccc(C(F)(F)F)cc4)c(C)c3C#N)CC2)cc1. The van der Waals surface area contributed by atoms with E-state index in [1.807, 2.05) is 29.2 Å². The van der Waals surface area contributed by atoms with Gasteiger partial charge in [0, 0.05) is 31.9 Å². The molecule has 3 aromatic rings. The van der Waals surface area contributed by atoms with Gasteiger partial charge in [0.1, 0.15) is 17.6 Å². The van der Waals surface area contributed by atoms with Gasteiger partial charge < -0.3 is 14.5 Å². The number of nitrogens with one attached hydrogen (secondary N) is 1. The van der Waals surface area contributed by atoms with Gasteiger partial charge in [0.25, 0.3) is 10.0 Å². The molecule has 0 unspecified atom stereocenters. The number of aromatic nitrogens is 1. The fourth-order valence-corrected chi connectivity index (χ4v) is 5.52. The summed E-state index contributed by atoms with van der Waals surface area (Å²) in [4.78, 5) is 8.44. The Labute approximate surface area is 219 Å². The van der Waals surface area contributed by atoms with Gasteiger partial charge in [0.05, 0.1) is 34.5 Å². The Balaban J connectivity index is 1.55. The normalized spacial score (nSPS) is 14.2. The number of nitriles is 1. The van der Waals surface area contributed by atoms with E-state index in [2.05, 4.69) is 20.7 Å². The summed E-state index contributed by atoms with van der Waals surface area (Å²) >= 11 is 0. The highest BCUT2D eigenvalue weighted by Gasteiger charge is 2.31. The first-order valence-electron chi connectivity index (χ1n) is 11.7. The van der Waals surface area contributed by atoms with Crippen LogP contribution in [-0.2, 0) is 16.2 Å². The zero-order chi connectivity index (χ0) is 27.7. The standard InChI is InChI=1S/C26H26F3N5O3S/c1-17-23(16-30)25(34-14-12-33(13-15-34)20-6-8-21(37-3)9-7-20)31-18(2)24(17)32-38(35,36)22-10-4-19(5-11-22)26(27,28)29/h4-11,32H,12-15H2,1-3H3. The molecule has 0 aliphatic carbocycles. The highest BCUT2D eigenvalue weighted by atomic mass is 32.2. The van der Waals surface area contributed by atoms with Gasteiger partial charge >= 0.3 is 6.18 Å². The summed E-state index contributed by atoms with van der Waals surface area (Å²) in [5, 5.41) is 9.92. The Kier molecular flexibility index (Phi) is 7.42. The van der Waals surface area contributed by atoms with Crippen LogP contribution in [0.25, 0.3) is 0 Å². The maximum atomic E-state index is 12.9. The highest BCUT2D eigenvalue weighted by Crippen LogP contribution is 2.33. The number of halogens is 3. The second-order valence-electron chi connectivity index (χ2n) is 8.81. The van der Waals surface area contributed by atoms with Crippen LogP contribution in [0.3, 0.4) is 0 Å². The van der Waals surface area contributed by atoms with Crippen LogP contribution in [0.5, 0.6) is 5.75 Å². The topological polar surface area (TPSA) is 98.6 Å². The summed E-state index contributed by atoms with van der Waals surface area (Å²) in [7, 11) is -2.61. The molecule has 1 aliphatic rings. The molecule has 0 amide bonds. The van der Waals surface area contributed by atoms with Gasteiger partial charge in [0.2, 0.25) is 0 Å². The molecule has 12 heteroatoms. The summed E-state index contributed by atoms with van der Waals surface area (Å²) < 4.78 is 72.1. The maximum Gasteiger partial charge on any atom is 0.416 e. The number of sulfonamides is 1. The number of methoxy groups -OCH3 is 1. The number of hydrogen-bond acceptors (Lipinski definition) is 7. The lowest BCUT2D eigenvalue weighted by Crippen LogP contribution is -2.47. The van der Waals surface area contributed by atoms with Crippen molar-refractivity contribution in [3.8, 4) is 11.8 Å². The van der Waals surface area contributed by atoms with Gasteiger partial charge in [-0.2, -0.15) is 18.4 Å². The van der Waals surface area contributed by atoms with Crippen LogP contribution in [0.4, 0.5) is 30.4 Å². The minimum atomic E-state index is -4.58. The second kappa shape index (κ2) is 10.4. The molecular formula is C26H26F3N5O3S. The summed E-state index contributed by atoms with van der Waals surface area (Å²) in [5.41, 5.74) is 1.21. The van der Waals surface area contributed by atoms with Crippen molar-refractivity contribution in [1.29, 1.82) is 5.26 Å². The van der Waals surface area contributed by atoms with Crippen LogP contribution in [-0.4, -0.2) is 46.7 Å². The largest absolute Gasteiger partial charge is 0.497 e. The number of pyridine rings is 1. The van der Waals surface area contributed by atoms with E-state index in [0.29, 0.717) is 55.4 Å². The summed E-state index contributed by atoms with van der Waals surface area (Å²) in [6, 6.07) is 13.1. The molecule has 8 nitrogen and oxygen atoms in total. The van der Waals surface area contributed by atoms with E-state index in [1.54, 1.807) is 21.0 Å². The minimum Gasteiger partial charge on any atom is -0.497 e. The van der Waals surface area contributed by atoms with E-state index in [4.69, 9.17) is 4.74 Å². The molecule has 0 saturated carbocycles. The van der Waals surface area contributed by atoms with Gasteiger partial charge in [-0.1, -0.05) is 0 Å². The van der Waals surface area contributed by atoms with Crippen molar-refractivity contribution in [2.45, 2.75) is 24.9 Å². The molecule has 1 N–H and O–H groups in total. The van der Waals surface area contributed by atoms with Crippen LogP contribution >= 0.6 is 0 Å². The number of piperazine rings is 1. The van der Waals surface area contributed by atoms with Crippen molar-refractivity contribution in [2.24, 2.45) is 0 Å². The first-order chi connectivity index (χ1) is 17.9. The summed E-state index contributed by atoms with van der Waals surface area (Å²) in [6.45, 7) is 5.83. The smallest absolute Gasteiger partial charge is 0.416 e. The Hall–Kier alpha value is -3.98. The number of benzene rings is 2. The Morgan fingerprint density at radius 1 is 0.974 bits per heavy atom. The first kappa shape index (κ1) is 27.1. The molecular weight excluding hydrogens is 519 g/mol. The predicted molar refractivity (Wildman–Crippen MR) is 138 cm³/mol. The quantitative estimate of drug-likeness (QED) is 0.478. The van der Waals surface area contributed by atoms with Crippen LogP contribution in [0.15, 0.2) is 53.4 Å². The third kappa shape index (κ3) is 5.47. The van der Waals surface area contributed by atoms with E-state index >= 15 is 0 Å². The van der Waals surface area contributed by atoms with Crippen molar-refractivity contribution < 1.29 is 26.3 Å². The van der Waals surface area contributed by atoms with Gasteiger partial charge in [-0.05, 0) is 67.9 Å². The average molecular weight is 546 g/mol. The zero-order valence-electron chi connectivity index (χ0n) is 21.0. The van der Waals surface area contributed by atoms with Crippen LogP contribution in [0, 0.1) is 25.2 Å². The summed E-state index contributed by atoms with van der Waals surface area (Å²) in [6.07, 6.45) is -4.58. The van der Waals surface area contributed by atoms with E-state index < -0.39 is 21.8 Å². The van der Waals surface area contributed by atoms with Crippen LogP contribution in [0.1, 0.15) is 22.4 Å². The molecule has 38 heavy (non-hydrogen) atoms. The first-order valence-corrected chi connectivity index (χ1v) is 13.2. The predicted octanol–water partition coefficient (Wildman–Crippen LogP) is 4.72. The van der Waals surface area contributed by atoms with Crippen molar-refractivity contribution in [3.63, 3.8) is 0 Å². The molecule has 0 atom stereocenters. The van der Waals surface area contributed by atoms with Crippen molar-refractivity contribution >= 4 is 27.2 Å². The number of nitrogens with zero attached hydrogens (tertiary/aromatic N) is 4. The fraction of sp³-hybridized carbons (Fsp3) is 0.308. The fourth-order valence-electron chi connectivity index (χ4n) is 4.33. The molecule has 0 radical (unpaired) electrons. The third-order valence-electron chi connectivity index (χ3n) is 6.47. The molecule has 1 aliphatic heterocycles. The highest BCUT2D eigenvalue weighted by molar-refractivity contribution is 7.92. The molecule has 4 rings (SSSR count). The number of ether oxygens (including phenoxy) is 1. The number of alkyl halides is 3. The minimum absolute atomic E-state index is 0.127. The van der Waals surface area contributed by atoms with E-state index in [1.165, 1.54) is 0 Å². The van der Waals surface area contributed by atoms with Gasteiger partial charge in [0.15, 0.2) is 0 Å². The average Bonchev–Trinajstić information content (AvgIpc) is 2.90. The van der Waals surface area contributed by atoms with Gasteiger partial charge in [-0.25, -0.2) is 13.4 Å². The number of aryl methyl sites for hydroxylation is 1. The number of rotatable bonds is 6. The lowest BCUT2D eigenvalue weighted by Gasteiger charge is -2.37. The number of hydrogen-bond donors (Lipinski definition) is 1.